The quantitative estimate of drug-likeness (QED) is 0.151. The second-order valence-corrected chi connectivity index (χ2v) is 10.2. The van der Waals surface area contributed by atoms with Crippen molar-refractivity contribution in [3.05, 3.63) is 22.3 Å². The molecule has 2 fully saturated rings. The molecule has 4 heterocycles. The van der Waals surface area contributed by atoms with Crippen LogP contribution in [0.25, 0.3) is 0 Å². The summed E-state index contributed by atoms with van der Waals surface area (Å²) in [6.07, 6.45) is 2.24. The number of anilines is 1. The highest BCUT2D eigenvalue weighted by Gasteiger charge is 2.55. The largest absolute Gasteiger partial charge is 1.00 e. The first-order valence-corrected chi connectivity index (χ1v) is 12.0. The average Bonchev–Trinajstić information content (AvgIpc) is 3.37. The zero-order valence-electron chi connectivity index (χ0n) is 18.1. The van der Waals surface area contributed by atoms with E-state index in [0.29, 0.717) is 12.3 Å². The van der Waals surface area contributed by atoms with Gasteiger partial charge in [-0.15, -0.1) is 23.1 Å². The second-order valence-electron chi connectivity index (χ2n) is 8.24. The lowest BCUT2D eigenvalue weighted by atomic mass is 10.0. The fourth-order valence-electron chi connectivity index (χ4n) is 4.42. The number of carbonyl (C=O) groups excluding carboxylic acids is 2. The number of nitrogen functional groups attached to an aromatic ring is 1. The molecule has 0 aromatic carbocycles. The topological polar surface area (TPSA) is 147 Å². The number of carboxylic acid groups (broad SMARTS) is 1. The molecule has 1 aromatic rings. The molecule has 14 heteroatoms. The number of rotatable bonds is 7. The van der Waals surface area contributed by atoms with Gasteiger partial charge in [-0.25, -0.2) is 9.78 Å². The zero-order valence-corrected chi connectivity index (χ0v) is 20.5. The van der Waals surface area contributed by atoms with Gasteiger partial charge in [-0.3, -0.25) is 14.5 Å². The van der Waals surface area contributed by atoms with Crippen LogP contribution in [0.3, 0.4) is 0 Å². The fourth-order valence-corrected chi connectivity index (χ4v) is 6.31. The van der Waals surface area contributed by atoms with Crippen LogP contribution in [-0.4, -0.2) is 93.9 Å². The molecular weight excluding hydrogens is 492 g/mol. The number of nitrogens with zero attached hydrogens (tertiary/aromatic N) is 4. The Morgan fingerprint density at radius 3 is 2.70 bits per heavy atom. The predicted octanol–water partition coefficient (Wildman–Crippen LogP) is -2.94. The number of thiazole rings is 1. The maximum Gasteiger partial charge on any atom is 0.352 e. The third-order valence-corrected chi connectivity index (χ3v) is 7.93. The van der Waals surface area contributed by atoms with E-state index >= 15 is 0 Å². The van der Waals surface area contributed by atoms with Crippen LogP contribution in [0, 0.1) is 0 Å². The van der Waals surface area contributed by atoms with Crippen LogP contribution in [0.2, 0.25) is 0 Å². The van der Waals surface area contributed by atoms with Gasteiger partial charge in [-0.2, -0.15) is 0 Å². The lowest BCUT2D eigenvalue weighted by Gasteiger charge is -2.49. The zero-order chi connectivity index (χ0) is 23.0. The average molecular weight is 517 g/mol. The van der Waals surface area contributed by atoms with Crippen LogP contribution in [0.5, 0.6) is 0 Å². The molecule has 180 valence electrons. The van der Waals surface area contributed by atoms with Crippen molar-refractivity contribution in [1.82, 2.24) is 15.2 Å². The smallest absolute Gasteiger partial charge is 0.352 e. The van der Waals surface area contributed by atoms with Crippen LogP contribution >= 0.6 is 23.1 Å². The molecule has 4 rings (SSSR count). The molecule has 0 radical (unpaired) electrons. The summed E-state index contributed by atoms with van der Waals surface area (Å²) in [4.78, 5) is 47.9. The number of oxime groups is 1. The van der Waals surface area contributed by atoms with Crippen molar-refractivity contribution in [3.63, 3.8) is 0 Å². The Morgan fingerprint density at radius 2 is 2.12 bits per heavy atom. The van der Waals surface area contributed by atoms with E-state index < -0.39 is 29.2 Å². The molecule has 11 nitrogen and oxygen atoms in total. The molecule has 2 saturated heterocycles. The molecule has 1 aromatic heterocycles. The number of quaternary nitrogens is 1. The highest BCUT2D eigenvalue weighted by molar-refractivity contribution is 8.00. The second kappa shape index (κ2) is 9.87. The van der Waals surface area contributed by atoms with E-state index in [0.717, 1.165) is 47.3 Å². The third kappa shape index (κ3) is 4.81. The number of amides is 2. The van der Waals surface area contributed by atoms with Gasteiger partial charge < -0.3 is 37.9 Å². The van der Waals surface area contributed by atoms with Crippen molar-refractivity contribution >= 4 is 51.7 Å². The van der Waals surface area contributed by atoms with E-state index in [1.807, 2.05) is 0 Å². The van der Waals surface area contributed by atoms with Crippen LogP contribution in [0.15, 0.2) is 21.8 Å². The Labute approximate surface area is 205 Å². The molecule has 3 aliphatic heterocycles. The first-order valence-electron chi connectivity index (χ1n) is 10.1. The van der Waals surface area contributed by atoms with Gasteiger partial charge in [0.25, 0.3) is 11.8 Å². The molecule has 4 N–H and O–H groups in total. The normalized spacial score (nSPS) is 24.0. The summed E-state index contributed by atoms with van der Waals surface area (Å²) in [5, 5.41) is 17.6. The van der Waals surface area contributed by atoms with Gasteiger partial charge in [0.15, 0.2) is 10.8 Å². The van der Waals surface area contributed by atoms with Gasteiger partial charge in [0.05, 0.1) is 20.1 Å². The minimum absolute atomic E-state index is 0. The Balaban J connectivity index is 0.00000306. The minimum Gasteiger partial charge on any atom is -1.00 e. The number of likely N-dealkylation sites (N-methyl/N-ethyl adjacent to an activating group) is 1. The lowest BCUT2D eigenvalue weighted by Crippen LogP contribution is -3.00. The molecular formula is C19H25ClN6O5S2. The van der Waals surface area contributed by atoms with Crippen molar-refractivity contribution in [3.8, 4) is 0 Å². The summed E-state index contributed by atoms with van der Waals surface area (Å²) in [7, 11) is 3.42. The van der Waals surface area contributed by atoms with Gasteiger partial charge in [-0.1, -0.05) is 5.16 Å². The highest BCUT2D eigenvalue weighted by atomic mass is 35.5. The van der Waals surface area contributed by atoms with E-state index in [4.69, 9.17) is 10.6 Å². The van der Waals surface area contributed by atoms with Crippen LogP contribution in [0.1, 0.15) is 18.5 Å². The summed E-state index contributed by atoms with van der Waals surface area (Å²) in [6, 6.07) is -0.863. The molecule has 0 aliphatic carbocycles. The van der Waals surface area contributed by atoms with Gasteiger partial charge in [-0.05, 0) is 0 Å². The number of aliphatic carboxylic acids is 1. The fraction of sp³-hybridized carbons (Fsp3) is 0.526. The molecule has 0 unspecified atom stereocenters. The van der Waals surface area contributed by atoms with E-state index in [-0.39, 0.29) is 34.6 Å². The van der Waals surface area contributed by atoms with Crippen molar-refractivity contribution < 1.29 is 41.2 Å². The van der Waals surface area contributed by atoms with Crippen molar-refractivity contribution in [2.24, 2.45) is 5.16 Å². The number of hydrogen-bond acceptors (Lipinski definition) is 9. The summed E-state index contributed by atoms with van der Waals surface area (Å²) in [5.74, 6) is -1.71. The Morgan fingerprint density at radius 1 is 1.42 bits per heavy atom. The van der Waals surface area contributed by atoms with E-state index in [2.05, 4.69) is 22.5 Å². The van der Waals surface area contributed by atoms with Crippen molar-refractivity contribution in [1.29, 1.82) is 0 Å². The summed E-state index contributed by atoms with van der Waals surface area (Å²) in [5.41, 5.74) is 6.59. The van der Waals surface area contributed by atoms with Crippen LogP contribution < -0.4 is 23.5 Å². The molecule has 0 spiro atoms. The third-order valence-electron chi connectivity index (χ3n) is 5.92. The molecule has 0 saturated carbocycles. The Hall–Kier alpha value is -2.35. The lowest BCUT2D eigenvalue weighted by molar-refractivity contribution is -0.893. The number of nitrogens with two attached hydrogens (primary N) is 1. The summed E-state index contributed by atoms with van der Waals surface area (Å²) >= 11 is 2.61. The number of hydrogen-bond donors (Lipinski definition) is 3. The maximum atomic E-state index is 12.9. The van der Waals surface area contributed by atoms with E-state index in [1.165, 1.54) is 23.8 Å². The summed E-state index contributed by atoms with van der Waals surface area (Å²) < 4.78 is 0.785. The van der Waals surface area contributed by atoms with Crippen molar-refractivity contribution in [2.45, 2.75) is 24.3 Å². The number of carboxylic acids is 1. The number of carbonyl (C=O) groups is 3. The van der Waals surface area contributed by atoms with Gasteiger partial charge >= 0.3 is 5.97 Å². The predicted molar refractivity (Wildman–Crippen MR) is 120 cm³/mol. The van der Waals surface area contributed by atoms with Crippen LogP contribution in [-0.2, 0) is 19.2 Å². The van der Waals surface area contributed by atoms with Gasteiger partial charge in [0.2, 0.25) is 0 Å². The first kappa shape index (κ1) is 25.3. The van der Waals surface area contributed by atoms with E-state index in [1.54, 1.807) is 5.38 Å². The van der Waals surface area contributed by atoms with E-state index in [9.17, 15) is 19.5 Å². The van der Waals surface area contributed by atoms with Gasteiger partial charge in [0.1, 0.15) is 36.5 Å². The number of aromatic nitrogens is 1. The molecule has 33 heavy (non-hydrogen) atoms. The number of nitrogens with one attached hydrogen (secondary N) is 1. The Bertz CT molecular complexity index is 1020. The standard InChI is InChI=1S/C19H24N6O5S2.ClH/c1-25(5-3-4-6-25)7-10-8-31-17-13(16(27)24(17)14(10)18(28)29)22-15(26)12(23-30-2)11-9-32-19(20)21-11;/h9,13,17H,3-8H2,1-2H3,(H3-,20,21,22,26,28,29);1H/b23-12+;/t13-,17-;/m1./s1. The molecule has 0 bridgehead atoms. The highest BCUT2D eigenvalue weighted by Crippen LogP contribution is 2.41. The summed E-state index contributed by atoms with van der Waals surface area (Å²) in [6.45, 7) is 2.61. The number of thioether (sulfide) groups is 1. The number of likely N-dealkylation sites (tertiary alicyclic amines) is 1. The number of β-lactam (4-membered cyclic amide) rings is 1. The maximum absolute atomic E-state index is 12.9. The Kier molecular flexibility index (Phi) is 7.56. The number of fused-ring (bicyclic) bond motifs is 1. The molecule has 2 atom stereocenters. The first-order chi connectivity index (χ1) is 15.2. The van der Waals surface area contributed by atoms with Crippen molar-refractivity contribution in [2.75, 3.05) is 45.3 Å². The SMILES string of the molecule is CO/N=C(/C(=O)N[C@@H]1C(=O)N2C(C(=O)O)=C(C[N+]3(C)CCCC3)CS[C@H]12)c1csc(N)n1.[Cl-]. The van der Waals surface area contributed by atoms with Gasteiger partial charge in [0, 0.05) is 29.5 Å². The molecule has 2 amide bonds. The monoisotopic (exact) mass is 516 g/mol. The minimum atomic E-state index is -1.12. The molecule has 3 aliphatic rings. The van der Waals surface area contributed by atoms with Crippen LogP contribution in [0.4, 0.5) is 5.13 Å². The number of halogens is 1.